The molecule has 0 amide bonds. The number of para-hydroxylation sites is 2. The standard InChI is InChI=1S/C23H26N2O2S.ClH/c1-17-18-7-3-6-10-22(18)28-23(17)20(26)11-12-24-13-15-25(16-14-24)19-8-4-5-9-21(19)27-2;/h3-10H,11-16H2,1-2H3;1H. The van der Waals surface area contributed by atoms with Crippen molar-refractivity contribution in [3.8, 4) is 5.75 Å². The summed E-state index contributed by atoms with van der Waals surface area (Å²) in [6, 6.07) is 16.5. The number of halogens is 1. The second-order valence-electron chi connectivity index (χ2n) is 7.23. The zero-order valence-electron chi connectivity index (χ0n) is 16.9. The van der Waals surface area contributed by atoms with Gasteiger partial charge in [0.25, 0.3) is 0 Å². The molecule has 1 fully saturated rings. The van der Waals surface area contributed by atoms with E-state index >= 15 is 0 Å². The average Bonchev–Trinajstić information content (AvgIpc) is 3.09. The number of ether oxygens (including phenoxy) is 1. The zero-order valence-corrected chi connectivity index (χ0v) is 18.5. The molecule has 1 aliphatic heterocycles. The molecule has 0 aliphatic carbocycles. The third-order valence-electron chi connectivity index (χ3n) is 5.55. The van der Waals surface area contributed by atoms with Gasteiger partial charge in [0.05, 0.1) is 17.7 Å². The molecule has 0 saturated carbocycles. The van der Waals surface area contributed by atoms with Crippen LogP contribution in [0.3, 0.4) is 0 Å². The first kappa shape index (κ1) is 21.6. The first-order valence-electron chi connectivity index (χ1n) is 9.79. The molecular formula is C23H27ClN2O2S. The van der Waals surface area contributed by atoms with Gasteiger partial charge in [0.1, 0.15) is 5.75 Å². The summed E-state index contributed by atoms with van der Waals surface area (Å²) < 4.78 is 6.69. The Morgan fingerprint density at radius 3 is 2.45 bits per heavy atom. The van der Waals surface area contributed by atoms with E-state index in [1.165, 1.54) is 10.1 Å². The summed E-state index contributed by atoms with van der Waals surface area (Å²) >= 11 is 1.63. The number of methoxy groups -OCH3 is 1. The van der Waals surface area contributed by atoms with E-state index in [9.17, 15) is 4.79 Å². The molecule has 6 heteroatoms. The van der Waals surface area contributed by atoms with Crippen molar-refractivity contribution in [3.05, 3.63) is 59.0 Å². The van der Waals surface area contributed by atoms with Crippen LogP contribution in [0.2, 0.25) is 0 Å². The van der Waals surface area contributed by atoms with Crippen molar-refractivity contribution in [2.24, 2.45) is 0 Å². The number of fused-ring (bicyclic) bond motifs is 1. The molecule has 154 valence electrons. The number of hydrogen-bond donors (Lipinski definition) is 0. The normalized spacial score (nSPS) is 14.6. The maximum absolute atomic E-state index is 12.8. The molecule has 1 saturated heterocycles. The maximum atomic E-state index is 12.8. The summed E-state index contributed by atoms with van der Waals surface area (Å²) in [6.07, 6.45) is 0.586. The molecule has 2 heterocycles. The van der Waals surface area contributed by atoms with Crippen LogP contribution in [0.25, 0.3) is 10.1 Å². The number of Topliss-reactive ketones (excluding diaryl/α,β-unsaturated/α-hetero) is 1. The number of aryl methyl sites for hydroxylation is 1. The number of ketones is 1. The van der Waals surface area contributed by atoms with Gasteiger partial charge in [0, 0.05) is 43.8 Å². The highest BCUT2D eigenvalue weighted by Crippen LogP contribution is 2.32. The van der Waals surface area contributed by atoms with Gasteiger partial charge in [-0.15, -0.1) is 23.7 Å². The minimum absolute atomic E-state index is 0. The van der Waals surface area contributed by atoms with Gasteiger partial charge < -0.3 is 9.64 Å². The number of rotatable bonds is 6. The van der Waals surface area contributed by atoms with Crippen LogP contribution in [0.1, 0.15) is 21.7 Å². The summed E-state index contributed by atoms with van der Waals surface area (Å²) in [7, 11) is 1.72. The number of nitrogens with zero attached hydrogens (tertiary/aromatic N) is 2. The molecule has 4 nitrogen and oxygen atoms in total. The van der Waals surface area contributed by atoms with Gasteiger partial charge in [0.2, 0.25) is 0 Å². The fourth-order valence-corrected chi connectivity index (χ4v) is 5.09. The highest BCUT2D eigenvalue weighted by molar-refractivity contribution is 7.21. The minimum Gasteiger partial charge on any atom is -0.495 e. The van der Waals surface area contributed by atoms with Crippen LogP contribution in [0, 0.1) is 6.92 Å². The van der Waals surface area contributed by atoms with E-state index in [0.29, 0.717) is 6.42 Å². The first-order chi connectivity index (χ1) is 13.7. The molecule has 0 spiro atoms. The molecule has 1 aliphatic rings. The Kier molecular flexibility index (Phi) is 7.17. The number of hydrogen-bond acceptors (Lipinski definition) is 5. The van der Waals surface area contributed by atoms with Crippen LogP contribution in [0.4, 0.5) is 5.69 Å². The Bertz CT molecular complexity index is 980. The highest BCUT2D eigenvalue weighted by atomic mass is 35.5. The predicted molar refractivity (Wildman–Crippen MR) is 124 cm³/mol. The van der Waals surface area contributed by atoms with E-state index in [0.717, 1.165) is 54.6 Å². The number of thiophene rings is 1. The average molecular weight is 431 g/mol. The van der Waals surface area contributed by atoms with Gasteiger partial charge in [0.15, 0.2) is 5.78 Å². The lowest BCUT2D eigenvalue weighted by atomic mass is 10.1. The Labute approximate surface area is 182 Å². The van der Waals surface area contributed by atoms with Crippen LogP contribution in [0.15, 0.2) is 48.5 Å². The third kappa shape index (κ3) is 4.58. The Morgan fingerprint density at radius 2 is 1.72 bits per heavy atom. The highest BCUT2D eigenvalue weighted by Gasteiger charge is 2.21. The lowest BCUT2D eigenvalue weighted by Crippen LogP contribution is -2.47. The topological polar surface area (TPSA) is 32.8 Å². The van der Waals surface area contributed by atoms with Crippen molar-refractivity contribution in [1.82, 2.24) is 4.90 Å². The smallest absolute Gasteiger partial charge is 0.174 e. The van der Waals surface area contributed by atoms with Gasteiger partial charge in [-0.2, -0.15) is 0 Å². The van der Waals surface area contributed by atoms with Crippen molar-refractivity contribution in [3.63, 3.8) is 0 Å². The number of carbonyl (C=O) groups excluding carboxylic acids is 1. The Hall–Kier alpha value is -2.08. The van der Waals surface area contributed by atoms with Gasteiger partial charge in [-0.25, -0.2) is 0 Å². The van der Waals surface area contributed by atoms with Crippen LogP contribution in [0.5, 0.6) is 5.75 Å². The Morgan fingerprint density at radius 1 is 1.03 bits per heavy atom. The molecule has 0 bridgehead atoms. The third-order valence-corrected chi connectivity index (χ3v) is 6.86. The molecular weight excluding hydrogens is 404 g/mol. The lowest BCUT2D eigenvalue weighted by molar-refractivity contribution is 0.0966. The van der Waals surface area contributed by atoms with E-state index in [-0.39, 0.29) is 18.2 Å². The van der Waals surface area contributed by atoms with E-state index < -0.39 is 0 Å². The summed E-state index contributed by atoms with van der Waals surface area (Å²) in [5.74, 6) is 1.19. The molecule has 2 aromatic carbocycles. The predicted octanol–water partition coefficient (Wildman–Crippen LogP) is 5.04. The number of benzene rings is 2. The molecule has 0 atom stereocenters. The van der Waals surface area contributed by atoms with Crippen molar-refractivity contribution in [2.75, 3.05) is 44.7 Å². The van der Waals surface area contributed by atoms with Gasteiger partial charge in [-0.3, -0.25) is 9.69 Å². The van der Waals surface area contributed by atoms with Gasteiger partial charge in [-0.05, 0) is 36.1 Å². The van der Waals surface area contributed by atoms with Crippen molar-refractivity contribution in [1.29, 1.82) is 0 Å². The lowest BCUT2D eigenvalue weighted by Gasteiger charge is -2.36. The minimum atomic E-state index is 0. The second-order valence-corrected chi connectivity index (χ2v) is 8.28. The zero-order chi connectivity index (χ0) is 19.5. The van der Waals surface area contributed by atoms with Crippen molar-refractivity contribution in [2.45, 2.75) is 13.3 Å². The summed E-state index contributed by atoms with van der Waals surface area (Å²) in [5.41, 5.74) is 2.29. The van der Waals surface area contributed by atoms with E-state index in [1.807, 2.05) is 24.3 Å². The molecule has 0 radical (unpaired) electrons. The SMILES string of the molecule is COc1ccccc1N1CCN(CCC(=O)c2sc3ccccc3c2C)CC1.Cl. The summed E-state index contributed by atoms with van der Waals surface area (Å²) in [6.45, 7) is 6.74. The first-order valence-corrected chi connectivity index (χ1v) is 10.6. The number of piperazine rings is 1. The van der Waals surface area contributed by atoms with E-state index in [1.54, 1.807) is 18.4 Å². The van der Waals surface area contributed by atoms with Crippen molar-refractivity contribution >= 4 is 45.3 Å². The van der Waals surface area contributed by atoms with Crippen LogP contribution < -0.4 is 9.64 Å². The molecule has 0 N–H and O–H groups in total. The summed E-state index contributed by atoms with van der Waals surface area (Å²) in [4.78, 5) is 18.5. The van der Waals surface area contributed by atoms with Crippen LogP contribution in [-0.4, -0.2) is 50.5 Å². The summed E-state index contributed by atoms with van der Waals surface area (Å²) in [5, 5.41) is 1.21. The maximum Gasteiger partial charge on any atom is 0.174 e. The van der Waals surface area contributed by atoms with Crippen LogP contribution >= 0.6 is 23.7 Å². The number of carbonyl (C=O) groups is 1. The number of anilines is 1. The quantitative estimate of drug-likeness (QED) is 0.513. The largest absolute Gasteiger partial charge is 0.495 e. The molecule has 1 aromatic heterocycles. The van der Waals surface area contributed by atoms with Gasteiger partial charge >= 0.3 is 0 Å². The molecule has 3 aromatic rings. The van der Waals surface area contributed by atoms with E-state index in [2.05, 4.69) is 41.0 Å². The fourth-order valence-electron chi connectivity index (χ4n) is 3.92. The monoisotopic (exact) mass is 430 g/mol. The molecule has 4 rings (SSSR count). The van der Waals surface area contributed by atoms with Gasteiger partial charge in [-0.1, -0.05) is 30.3 Å². The Balaban J connectivity index is 0.00000240. The fraction of sp³-hybridized carbons (Fsp3) is 0.348. The van der Waals surface area contributed by atoms with E-state index in [4.69, 9.17) is 4.74 Å². The molecule has 29 heavy (non-hydrogen) atoms. The van der Waals surface area contributed by atoms with Crippen LogP contribution in [-0.2, 0) is 0 Å². The van der Waals surface area contributed by atoms with Crippen molar-refractivity contribution < 1.29 is 9.53 Å². The second kappa shape index (κ2) is 9.61. The molecule has 0 unspecified atom stereocenters.